The molecule has 1 aromatic heterocycles. The fourth-order valence-electron chi connectivity index (χ4n) is 3.46. The molecule has 3 rings (SSSR count). The third-order valence-electron chi connectivity index (χ3n) is 4.98. The van der Waals surface area contributed by atoms with Gasteiger partial charge in [-0.25, -0.2) is 4.68 Å². The molecule has 0 N–H and O–H groups in total. The molecular formula is C20H26F3N3O2. The Morgan fingerprint density at radius 1 is 1.11 bits per heavy atom. The molecule has 8 heteroatoms. The molecule has 28 heavy (non-hydrogen) atoms. The second kappa shape index (κ2) is 8.86. The van der Waals surface area contributed by atoms with E-state index in [4.69, 9.17) is 9.47 Å². The van der Waals surface area contributed by atoms with Crippen LogP contribution in [0.15, 0.2) is 30.3 Å². The molecule has 0 radical (unpaired) electrons. The molecule has 154 valence electrons. The van der Waals surface area contributed by atoms with Crippen molar-refractivity contribution in [2.24, 2.45) is 13.0 Å². The summed E-state index contributed by atoms with van der Waals surface area (Å²) in [7, 11) is 1.61. The molecule has 1 saturated heterocycles. The Bertz CT molecular complexity index is 754. The number of piperidine rings is 1. The predicted octanol–water partition coefficient (Wildman–Crippen LogP) is 3.96. The van der Waals surface area contributed by atoms with E-state index in [1.54, 1.807) is 14.0 Å². The summed E-state index contributed by atoms with van der Waals surface area (Å²) in [6, 6.07) is 9.75. The number of hydrogen-bond donors (Lipinski definition) is 0. The minimum atomic E-state index is -4.37. The first-order chi connectivity index (χ1) is 13.3. The van der Waals surface area contributed by atoms with Gasteiger partial charge in [-0.3, -0.25) is 4.90 Å². The second-order valence-electron chi connectivity index (χ2n) is 7.24. The van der Waals surface area contributed by atoms with Crippen molar-refractivity contribution in [2.45, 2.75) is 32.5 Å². The number of aryl methyl sites for hydroxylation is 2. The fourth-order valence-corrected chi connectivity index (χ4v) is 3.46. The van der Waals surface area contributed by atoms with Crippen molar-refractivity contribution in [2.75, 3.05) is 26.3 Å². The van der Waals surface area contributed by atoms with Gasteiger partial charge < -0.3 is 9.47 Å². The van der Waals surface area contributed by atoms with Gasteiger partial charge in [0.15, 0.2) is 6.61 Å². The molecule has 2 aromatic rings. The van der Waals surface area contributed by atoms with Crippen LogP contribution in [0.2, 0.25) is 0 Å². The number of alkyl halides is 3. The lowest BCUT2D eigenvalue weighted by atomic mass is 9.97. The maximum atomic E-state index is 12.5. The molecule has 0 unspecified atom stereocenters. The van der Waals surface area contributed by atoms with Crippen molar-refractivity contribution in [1.29, 1.82) is 0 Å². The molecule has 0 atom stereocenters. The number of hydrogen-bond acceptors (Lipinski definition) is 4. The van der Waals surface area contributed by atoms with E-state index in [0.29, 0.717) is 24.8 Å². The van der Waals surface area contributed by atoms with Crippen molar-refractivity contribution in [3.63, 3.8) is 0 Å². The lowest BCUT2D eigenvalue weighted by molar-refractivity contribution is -0.154. The molecule has 2 heterocycles. The topological polar surface area (TPSA) is 39.5 Å². The van der Waals surface area contributed by atoms with Crippen LogP contribution in [0.3, 0.4) is 0 Å². The van der Waals surface area contributed by atoms with Gasteiger partial charge in [-0.1, -0.05) is 18.2 Å². The first-order valence-electron chi connectivity index (χ1n) is 9.44. The van der Waals surface area contributed by atoms with Crippen LogP contribution in [-0.4, -0.2) is 47.2 Å². The molecule has 0 spiro atoms. The smallest absolute Gasteiger partial charge is 0.422 e. The molecular weight excluding hydrogens is 371 g/mol. The Morgan fingerprint density at radius 3 is 2.43 bits per heavy atom. The molecule has 0 saturated carbocycles. The summed E-state index contributed by atoms with van der Waals surface area (Å²) in [5.74, 6) is 1.55. The van der Waals surface area contributed by atoms with Crippen molar-refractivity contribution in [3.05, 3.63) is 41.6 Å². The van der Waals surface area contributed by atoms with Crippen LogP contribution < -0.4 is 9.47 Å². The van der Waals surface area contributed by atoms with Gasteiger partial charge in [-0.05, 0) is 50.9 Å². The maximum absolute atomic E-state index is 12.5. The number of ether oxygens (including phenoxy) is 2. The zero-order valence-corrected chi connectivity index (χ0v) is 16.2. The van der Waals surface area contributed by atoms with Crippen LogP contribution in [0.1, 0.15) is 24.1 Å². The second-order valence-corrected chi connectivity index (χ2v) is 7.24. The van der Waals surface area contributed by atoms with Crippen molar-refractivity contribution in [3.8, 4) is 11.6 Å². The van der Waals surface area contributed by atoms with Crippen molar-refractivity contribution >= 4 is 0 Å². The minimum absolute atomic E-state index is 0.198. The third-order valence-corrected chi connectivity index (χ3v) is 4.98. The van der Waals surface area contributed by atoms with Crippen LogP contribution in [0.5, 0.6) is 11.6 Å². The number of halogens is 3. The van der Waals surface area contributed by atoms with E-state index in [0.717, 1.165) is 37.2 Å². The average Bonchev–Trinajstić information content (AvgIpc) is 2.92. The van der Waals surface area contributed by atoms with E-state index in [2.05, 4.69) is 10.00 Å². The fraction of sp³-hybridized carbons (Fsp3) is 0.550. The average molecular weight is 397 g/mol. The van der Waals surface area contributed by atoms with Gasteiger partial charge in [0, 0.05) is 13.6 Å². The van der Waals surface area contributed by atoms with E-state index in [9.17, 15) is 13.2 Å². The zero-order valence-electron chi connectivity index (χ0n) is 16.2. The van der Waals surface area contributed by atoms with Gasteiger partial charge in [-0.15, -0.1) is 0 Å². The number of aromatic nitrogens is 2. The van der Waals surface area contributed by atoms with Gasteiger partial charge in [0.2, 0.25) is 5.88 Å². The number of likely N-dealkylation sites (tertiary alicyclic amines) is 1. The maximum Gasteiger partial charge on any atom is 0.422 e. The SMILES string of the molecule is Cc1nn(C)c(OCC(F)(F)F)c1CN1CCC(COc2ccccc2)CC1. The van der Waals surface area contributed by atoms with Crippen LogP contribution in [0, 0.1) is 12.8 Å². The number of para-hydroxylation sites is 1. The molecule has 0 aliphatic carbocycles. The van der Waals surface area contributed by atoms with Crippen LogP contribution in [-0.2, 0) is 13.6 Å². The molecule has 1 aliphatic rings. The molecule has 1 aliphatic heterocycles. The quantitative estimate of drug-likeness (QED) is 0.709. The van der Waals surface area contributed by atoms with E-state index in [1.807, 2.05) is 30.3 Å². The molecule has 0 amide bonds. The lowest BCUT2D eigenvalue weighted by Gasteiger charge is -2.31. The highest BCUT2D eigenvalue weighted by molar-refractivity contribution is 5.31. The number of rotatable bonds is 7. The Hall–Kier alpha value is -2.22. The van der Waals surface area contributed by atoms with Crippen LogP contribution in [0.4, 0.5) is 13.2 Å². The van der Waals surface area contributed by atoms with E-state index >= 15 is 0 Å². The third kappa shape index (κ3) is 5.64. The zero-order chi connectivity index (χ0) is 20.1. The summed E-state index contributed by atoms with van der Waals surface area (Å²) in [6.07, 6.45) is -2.39. The molecule has 1 fully saturated rings. The van der Waals surface area contributed by atoms with E-state index in [-0.39, 0.29) is 5.88 Å². The van der Waals surface area contributed by atoms with Gasteiger partial charge >= 0.3 is 6.18 Å². The number of benzene rings is 1. The monoisotopic (exact) mass is 397 g/mol. The largest absolute Gasteiger partial charge is 0.493 e. The Labute approximate surface area is 163 Å². The first kappa shape index (κ1) is 20.5. The summed E-state index contributed by atoms with van der Waals surface area (Å²) in [4.78, 5) is 2.24. The standard InChI is InChI=1S/C20H26F3N3O2/c1-15-18(19(25(2)24-15)28-14-20(21,22)23)12-26-10-8-16(9-11-26)13-27-17-6-4-3-5-7-17/h3-7,16H,8-14H2,1-2H3. The summed E-state index contributed by atoms with van der Waals surface area (Å²) in [5, 5.41) is 4.23. The Kier molecular flexibility index (Phi) is 6.49. The van der Waals surface area contributed by atoms with Crippen molar-refractivity contribution in [1.82, 2.24) is 14.7 Å². The molecule has 1 aromatic carbocycles. The van der Waals surface area contributed by atoms with Crippen molar-refractivity contribution < 1.29 is 22.6 Å². The lowest BCUT2D eigenvalue weighted by Crippen LogP contribution is -2.35. The van der Waals surface area contributed by atoms with Gasteiger partial charge in [0.1, 0.15) is 5.75 Å². The summed E-state index contributed by atoms with van der Waals surface area (Å²) in [6.45, 7) is 3.46. The van der Waals surface area contributed by atoms with Gasteiger partial charge in [0.25, 0.3) is 0 Å². The highest BCUT2D eigenvalue weighted by Gasteiger charge is 2.30. The van der Waals surface area contributed by atoms with Crippen LogP contribution >= 0.6 is 0 Å². The highest BCUT2D eigenvalue weighted by Crippen LogP contribution is 2.28. The van der Waals surface area contributed by atoms with Gasteiger partial charge in [-0.2, -0.15) is 18.3 Å². The minimum Gasteiger partial charge on any atom is -0.493 e. The predicted molar refractivity (Wildman–Crippen MR) is 99.4 cm³/mol. The summed E-state index contributed by atoms with van der Waals surface area (Å²) in [5.41, 5.74) is 1.43. The normalized spacial score (nSPS) is 16.3. The summed E-state index contributed by atoms with van der Waals surface area (Å²) < 4.78 is 49.9. The molecule has 5 nitrogen and oxygen atoms in total. The Balaban J connectivity index is 1.52. The Morgan fingerprint density at radius 2 is 1.79 bits per heavy atom. The number of nitrogens with zero attached hydrogens (tertiary/aromatic N) is 3. The highest BCUT2D eigenvalue weighted by atomic mass is 19.4. The van der Waals surface area contributed by atoms with E-state index in [1.165, 1.54) is 4.68 Å². The van der Waals surface area contributed by atoms with Crippen LogP contribution in [0.25, 0.3) is 0 Å². The summed E-state index contributed by atoms with van der Waals surface area (Å²) >= 11 is 0. The van der Waals surface area contributed by atoms with Gasteiger partial charge in [0.05, 0.1) is 17.9 Å². The first-order valence-corrected chi connectivity index (χ1v) is 9.44. The molecule has 0 bridgehead atoms. The van der Waals surface area contributed by atoms with E-state index < -0.39 is 12.8 Å².